The fourth-order valence-electron chi connectivity index (χ4n) is 3.43. The van der Waals surface area contributed by atoms with Gasteiger partial charge in [-0.15, -0.1) is 11.3 Å². The van der Waals surface area contributed by atoms with Gasteiger partial charge in [0.2, 0.25) is 5.91 Å². The quantitative estimate of drug-likeness (QED) is 0.504. The largest absolute Gasteiger partial charge is 0.497 e. The zero-order valence-electron chi connectivity index (χ0n) is 17.1. The number of fused-ring (bicyclic) bond motifs is 1. The van der Waals surface area contributed by atoms with Gasteiger partial charge in [0.1, 0.15) is 17.0 Å². The van der Waals surface area contributed by atoms with Gasteiger partial charge >= 0.3 is 5.69 Å². The number of nitrogens with one attached hydrogen (secondary N) is 1. The van der Waals surface area contributed by atoms with E-state index >= 15 is 0 Å². The van der Waals surface area contributed by atoms with Gasteiger partial charge in [0.05, 0.1) is 19.2 Å². The minimum atomic E-state index is -0.529. The molecule has 0 aliphatic carbocycles. The summed E-state index contributed by atoms with van der Waals surface area (Å²) < 4.78 is 8.18. The maximum Gasteiger partial charge on any atom is 0.332 e. The van der Waals surface area contributed by atoms with E-state index in [0.717, 1.165) is 15.7 Å². The Hall–Kier alpha value is -3.65. The Balaban J connectivity index is 1.72. The van der Waals surface area contributed by atoms with Gasteiger partial charge in [-0.1, -0.05) is 30.3 Å². The highest BCUT2D eigenvalue weighted by atomic mass is 32.1. The fourth-order valence-corrected chi connectivity index (χ4v) is 4.27. The lowest BCUT2D eigenvalue weighted by atomic mass is 10.2. The van der Waals surface area contributed by atoms with Crippen molar-refractivity contribution in [2.45, 2.75) is 20.0 Å². The summed E-state index contributed by atoms with van der Waals surface area (Å²) in [4.78, 5) is 38.9. The van der Waals surface area contributed by atoms with Crippen LogP contribution >= 0.6 is 11.3 Å². The molecule has 1 N–H and O–H groups in total. The van der Waals surface area contributed by atoms with Crippen molar-refractivity contribution in [1.82, 2.24) is 9.13 Å². The number of hydrogen-bond donors (Lipinski definition) is 1. The molecular weight excluding hydrogens is 414 g/mol. The van der Waals surface area contributed by atoms with Crippen LogP contribution in [0.4, 0.5) is 5.69 Å². The monoisotopic (exact) mass is 435 g/mol. The average molecular weight is 436 g/mol. The Morgan fingerprint density at radius 1 is 1.06 bits per heavy atom. The summed E-state index contributed by atoms with van der Waals surface area (Å²) in [5.41, 5.74) is 1.93. The molecule has 1 amide bonds. The van der Waals surface area contributed by atoms with E-state index in [1.807, 2.05) is 31.2 Å². The zero-order chi connectivity index (χ0) is 22.0. The van der Waals surface area contributed by atoms with Crippen molar-refractivity contribution in [1.29, 1.82) is 0 Å². The van der Waals surface area contributed by atoms with Crippen LogP contribution in [0.3, 0.4) is 0 Å². The molecule has 0 fully saturated rings. The third-order valence-electron chi connectivity index (χ3n) is 5.03. The van der Waals surface area contributed by atoms with Crippen molar-refractivity contribution in [2.24, 2.45) is 0 Å². The van der Waals surface area contributed by atoms with Crippen LogP contribution in [0.5, 0.6) is 5.75 Å². The standard InChI is InChI=1S/C23H21N3O4S/c1-15-6-3-4-9-18(15)24-20(27)14-25-19-10-11-31-21(19)22(28)26(23(25)29)13-16-7-5-8-17(12-16)30-2/h3-12H,13-14H2,1-2H3,(H,24,27). The molecule has 31 heavy (non-hydrogen) atoms. The predicted octanol–water partition coefficient (Wildman–Crippen LogP) is 3.23. The minimum Gasteiger partial charge on any atom is -0.497 e. The Morgan fingerprint density at radius 3 is 2.65 bits per heavy atom. The third-order valence-corrected chi connectivity index (χ3v) is 5.92. The van der Waals surface area contributed by atoms with Gasteiger partial charge in [-0.05, 0) is 47.7 Å². The molecule has 7 nitrogen and oxygen atoms in total. The molecule has 4 aromatic rings. The summed E-state index contributed by atoms with van der Waals surface area (Å²) in [6.07, 6.45) is 0. The summed E-state index contributed by atoms with van der Waals surface area (Å²) in [7, 11) is 1.56. The van der Waals surface area contributed by atoms with E-state index in [4.69, 9.17) is 4.74 Å². The molecule has 4 rings (SSSR count). The molecule has 8 heteroatoms. The Labute approximate surface area is 182 Å². The first-order valence-corrected chi connectivity index (χ1v) is 10.5. The molecule has 0 unspecified atom stereocenters. The highest BCUT2D eigenvalue weighted by Gasteiger charge is 2.17. The lowest BCUT2D eigenvalue weighted by molar-refractivity contribution is -0.116. The smallest absolute Gasteiger partial charge is 0.332 e. The van der Waals surface area contributed by atoms with Crippen LogP contribution in [0, 0.1) is 6.92 Å². The van der Waals surface area contributed by atoms with E-state index < -0.39 is 5.69 Å². The molecule has 0 radical (unpaired) electrons. The molecule has 0 atom stereocenters. The number of carbonyl (C=O) groups excluding carboxylic acids is 1. The third kappa shape index (κ3) is 4.15. The highest BCUT2D eigenvalue weighted by molar-refractivity contribution is 7.17. The Kier molecular flexibility index (Phi) is 5.73. The number of para-hydroxylation sites is 1. The number of ether oxygens (including phenoxy) is 1. The number of amides is 1. The lowest BCUT2D eigenvalue weighted by Gasteiger charge is -2.13. The van der Waals surface area contributed by atoms with Crippen molar-refractivity contribution in [2.75, 3.05) is 12.4 Å². The summed E-state index contributed by atoms with van der Waals surface area (Å²) in [5.74, 6) is 0.302. The van der Waals surface area contributed by atoms with Gasteiger partial charge in [-0.3, -0.25) is 18.7 Å². The second kappa shape index (κ2) is 8.61. The number of benzene rings is 2. The normalized spacial score (nSPS) is 10.9. The lowest BCUT2D eigenvalue weighted by Crippen LogP contribution is -2.41. The summed E-state index contributed by atoms with van der Waals surface area (Å²) in [6, 6.07) is 16.3. The van der Waals surface area contributed by atoms with E-state index in [-0.39, 0.29) is 24.6 Å². The van der Waals surface area contributed by atoms with E-state index in [2.05, 4.69) is 5.32 Å². The molecule has 0 saturated heterocycles. The summed E-state index contributed by atoms with van der Waals surface area (Å²) in [6.45, 7) is 1.79. The number of carbonyl (C=O) groups is 1. The maximum atomic E-state index is 13.2. The number of hydrogen-bond acceptors (Lipinski definition) is 5. The van der Waals surface area contributed by atoms with Gasteiger partial charge in [0.25, 0.3) is 5.56 Å². The number of thiophene rings is 1. The molecule has 0 aliphatic rings. The SMILES string of the molecule is COc1cccc(Cn2c(=O)c3sccc3n(CC(=O)Nc3ccccc3C)c2=O)c1. The van der Waals surface area contributed by atoms with E-state index in [9.17, 15) is 14.4 Å². The minimum absolute atomic E-state index is 0.0854. The van der Waals surface area contributed by atoms with Gasteiger partial charge in [-0.2, -0.15) is 0 Å². The van der Waals surface area contributed by atoms with Crippen molar-refractivity contribution in [3.05, 3.63) is 91.9 Å². The molecule has 0 saturated carbocycles. The second-order valence-electron chi connectivity index (χ2n) is 7.11. The molecule has 2 aromatic carbocycles. The van der Waals surface area contributed by atoms with E-state index in [1.54, 1.807) is 42.8 Å². The van der Waals surface area contributed by atoms with Gasteiger partial charge in [0.15, 0.2) is 0 Å². The fraction of sp³-hybridized carbons (Fsp3) is 0.174. The van der Waals surface area contributed by atoms with Crippen molar-refractivity contribution in [3.8, 4) is 5.75 Å². The molecular formula is C23H21N3O4S. The second-order valence-corrected chi connectivity index (χ2v) is 8.03. The topological polar surface area (TPSA) is 82.3 Å². The zero-order valence-corrected chi connectivity index (χ0v) is 17.9. The van der Waals surface area contributed by atoms with Crippen molar-refractivity contribution in [3.63, 3.8) is 0 Å². The summed E-state index contributed by atoms with van der Waals surface area (Å²) in [5, 5.41) is 4.59. The molecule has 2 aromatic heterocycles. The molecule has 158 valence electrons. The van der Waals surface area contributed by atoms with Gasteiger partial charge in [0, 0.05) is 5.69 Å². The van der Waals surface area contributed by atoms with Gasteiger partial charge in [-0.25, -0.2) is 4.79 Å². The van der Waals surface area contributed by atoms with Gasteiger partial charge < -0.3 is 10.1 Å². The number of methoxy groups -OCH3 is 1. The van der Waals surface area contributed by atoms with Crippen LogP contribution in [0.25, 0.3) is 10.2 Å². The number of aryl methyl sites for hydroxylation is 1. The van der Waals surface area contributed by atoms with Crippen LogP contribution in [0.1, 0.15) is 11.1 Å². The number of anilines is 1. The highest BCUT2D eigenvalue weighted by Crippen LogP contribution is 2.18. The molecule has 0 bridgehead atoms. The summed E-state index contributed by atoms with van der Waals surface area (Å²) >= 11 is 1.25. The number of aromatic nitrogens is 2. The molecule has 0 spiro atoms. The van der Waals surface area contributed by atoms with Crippen molar-refractivity contribution < 1.29 is 9.53 Å². The number of nitrogens with zero attached hydrogens (tertiary/aromatic N) is 2. The van der Waals surface area contributed by atoms with Crippen LogP contribution in [-0.2, 0) is 17.9 Å². The van der Waals surface area contributed by atoms with E-state index in [0.29, 0.717) is 21.7 Å². The first-order valence-electron chi connectivity index (χ1n) is 9.67. The maximum absolute atomic E-state index is 13.2. The first-order chi connectivity index (χ1) is 15.0. The first kappa shape index (κ1) is 20.6. The predicted molar refractivity (Wildman–Crippen MR) is 122 cm³/mol. The Bertz CT molecular complexity index is 1380. The van der Waals surface area contributed by atoms with Crippen LogP contribution in [0.15, 0.2) is 69.6 Å². The molecule has 0 aliphatic heterocycles. The van der Waals surface area contributed by atoms with Crippen LogP contribution < -0.4 is 21.3 Å². The van der Waals surface area contributed by atoms with E-state index in [1.165, 1.54) is 15.9 Å². The average Bonchev–Trinajstić information content (AvgIpc) is 3.26. The van der Waals surface area contributed by atoms with Crippen molar-refractivity contribution >= 4 is 33.1 Å². The van der Waals surface area contributed by atoms with Crippen LogP contribution in [0.2, 0.25) is 0 Å². The number of rotatable bonds is 6. The Morgan fingerprint density at radius 2 is 1.87 bits per heavy atom. The molecule has 2 heterocycles. The van der Waals surface area contributed by atoms with Crippen LogP contribution in [-0.4, -0.2) is 22.2 Å².